The first-order valence-electron chi connectivity index (χ1n) is 4.14. The molecule has 64 valence electrons. The van der Waals surface area contributed by atoms with E-state index in [4.69, 9.17) is 10.8 Å². The van der Waals surface area contributed by atoms with Gasteiger partial charge < -0.3 is 10.8 Å². The van der Waals surface area contributed by atoms with E-state index in [1.165, 1.54) is 0 Å². The Kier molecular flexibility index (Phi) is 2.88. The molecule has 1 rings (SSSR count). The number of nitrogens with two attached hydrogens (primary N) is 1. The van der Waals surface area contributed by atoms with E-state index < -0.39 is 5.97 Å². The summed E-state index contributed by atoms with van der Waals surface area (Å²) >= 11 is 0. The van der Waals surface area contributed by atoms with Gasteiger partial charge in [-0.05, 0) is 37.6 Å². The fourth-order valence-corrected chi connectivity index (χ4v) is 1.76. The van der Waals surface area contributed by atoms with Crippen LogP contribution in [-0.2, 0) is 4.79 Å². The van der Waals surface area contributed by atoms with Crippen molar-refractivity contribution in [3.63, 3.8) is 0 Å². The van der Waals surface area contributed by atoms with E-state index in [0.717, 1.165) is 25.8 Å². The Bertz CT molecular complexity index is 141. The molecule has 3 nitrogen and oxygen atoms in total. The maximum Gasteiger partial charge on any atom is 0.303 e. The van der Waals surface area contributed by atoms with Gasteiger partial charge in [-0.25, -0.2) is 0 Å². The van der Waals surface area contributed by atoms with Crippen molar-refractivity contribution in [1.82, 2.24) is 0 Å². The summed E-state index contributed by atoms with van der Waals surface area (Å²) in [5.41, 5.74) is 5.37. The molecule has 0 aromatic carbocycles. The number of aliphatic carboxylic acids is 1. The zero-order valence-corrected chi connectivity index (χ0v) is 6.62. The molecule has 0 bridgehead atoms. The van der Waals surface area contributed by atoms with Crippen LogP contribution in [0.5, 0.6) is 0 Å². The summed E-state index contributed by atoms with van der Waals surface area (Å²) in [5, 5.41) is 8.44. The summed E-state index contributed by atoms with van der Waals surface area (Å²) in [6, 6.07) is 0. The highest BCUT2D eigenvalue weighted by Gasteiger charge is 2.29. The van der Waals surface area contributed by atoms with Crippen molar-refractivity contribution in [3.05, 3.63) is 0 Å². The highest BCUT2D eigenvalue weighted by Crippen LogP contribution is 2.37. The van der Waals surface area contributed by atoms with Crippen molar-refractivity contribution < 1.29 is 9.90 Å². The second-order valence-corrected chi connectivity index (χ2v) is 3.38. The standard InChI is InChI=1S/C8H15NO2/c9-2-1-6-3-7(4-6)5-8(10)11/h6-7H,1-5,9H2,(H,10,11). The van der Waals surface area contributed by atoms with Crippen LogP contribution in [0, 0.1) is 11.8 Å². The Morgan fingerprint density at radius 3 is 2.55 bits per heavy atom. The van der Waals surface area contributed by atoms with Gasteiger partial charge in [0.05, 0.1) is 0 Å². The average molecular weight is 157 g/mol. The van der Waals surface area contributed by atoms with Gasteiger partial charge in [-0.15, -0.1) is 0 Å². The van der Waals surface area contributed by atoms with Crippen LogP contribution >= 0.6 is 0 Å². The Labute approximate surface area is 66.6 Å². The third-order valence-electron chi connectivity index (χ3n) is 2.37. The van der Waals surface area contributed by atoms with Gasteiger partial charge in [0.2, 0.25) is 0 Å². The smallest absolute Gasteiger partial charge is 0.303 e. The summed E-state index contributed by atoms with van der Waals surface area (Å²) in [7, 11) is 0. The molecule has 1 saturated carbocycles. The van der Waals surface area contributed by atoms with E-state index in [1.807, 2.05) is 0 Å². The van der Waals surface area contributed by atoms with Gasteiger partial charge in [0.15, 0.2) is 0 Å². The average Bonchev–Trinajstić information content (AvgIpc) is 1.82. The van der Waals surface area contributed by atoms with Crippen molar-refractivity contribution in [2.45, 2.75) is 25.7 Å². The quantitative estimate of drug-likeness (QED) is 0.635. The van der Waals surface area contributed by atoms with Crippen LogP contribution in [0.15, 0.2) is 0 Å². The molecule has 11 heavy (non-hydrogen) atoms. The third kappa shape index (κ3) is 2.50. The lowest BCUT2D eigenvalue weighted by Crippen LogP contribution is -2.27. The van der Waals surface area contributed by atoms with E-state index in [1.54, 1.807) is 0 Å². The highest BCUT2D eigenvalue weighted by molar-refractivity contribution is 5.67. The van der Waals surface area contributed by atoms with Crippen LogP contribution in [-0.4, -0.2) is 17.6 Å². The monoisotopic (exact) mass is 157 g/mol. The first kappa shape index (κ1) is 8.53. The molecule has 1 aliphatic carbocycles. The van der Waals surface area contributed by atoms with E-state index in [-0.39, 0.29) is 0 Å². The van der Waals surface area contributed by atoms with Crippen LogP contribution in [0.1, 0.15) is 25.7 Å². The van der Waals surface area contributed by atoms with Gasteiger partial charge in [-0.3, -0.25) is 4.79 Å². The van der Waals surface area contributed by atoms with Crippen LogP contribution in [0.2, 0.25) is 0 Å². The van der Waals surface area contributed by atoms with E-state index in [2.05, 4.69) is 0 Å². The van der Waals surface area contributed by atoms with Crippen molar-refractivity contribution >= 4 is 5.97 Å². The Morgan fingerprint density at radius 1 is 1.45 bits per heavy atom. The molecule has 1 fully saturated rings. The zero-order valence-electron chi connectivity index (χ0n) is 6.62. The molecule has 3 heteroatoms. The molecule has 0 unspecified atom stereocenters. The van der Waals surface area contributed by atoms with Gasteiger partial charge >= 0.3 is 5.97 Å². The maximum atomic E-state index is 10.2. The van der Waals surface area contributed by atoms with E-state index in [9.17, 15) is 4.79 Å². The van der Waals surface area contributed by atoms with Gasteiger partial charge in [0.25, 0.3) is 0 Å². The van der Waals surface area contributed by atoms with Crippen molar-refractivity contribution in [1.29, 1.82) is 0 Å². The number of hydrogen-bond donors (Lipinski definition) is 2. The number of carboxylic acids is 1. The lowest BCUT2D eigenvalue weighted by atomic mass is 9.72. The molecule has 1 aliphatic rings. The molecule has 0 aliphatic heterocycles. The lowest BCUT2D eigenvalue weighted by Gasteiger charge is -2.34. The van der Waals surface area contributed by atoms with Gasteiger partial charge in [-0.1, -0.05) is 0 Å². The van der Waals surface area contributed by atoms with Crippen molar-refractivity contribution in [3.8, 4) is 0 Å². The van der Waals surface area contributed by atoms with Crippen LogP contribution in [0.25, 0.3) is 0 Å². The minimum Gasteiger partial charge on any atom is -0.481 e. The lowest BCUT2D eigenvalue weighted by molar-refractivity contribution is -0.139. The summed E-state index contributed by atoms with van der Waals surface area (Å²) in [6.07, 6.45) is 3.56. The molecular formula is C8H15NO2. The topological polar surface area (TPSA) is 63.3 Å². The number of rotatable bonds is 4. The normalized spacial score (nSPS) is 29.5. The Balaban J connectivity index is 2.04. The fraction of sp³-hybridized carbons (Fsp3) is 0.875. The molecule has 0 amide bonds. The van der Waals surface area contributed by atoms with Crippen LogP contribution < -0.4 is 5.73 Å². The predicted octanol–water partition coefficient (Wildman–Crippen LogP) is 0.836. The summed E-state index contributed by atoms with van der Waals surface area (Å²) in [4.78, 5) is 10.2. The molecule has 0 spiro atoms. The highest BCUT2D eigenvalue weighted by atomic mass is 16.4. The van der Waals surface area contributed by atoms with Gasteiger partial charge in [-0.2, -0.15) is 0 Å². The molecular weight excluding hydrogens is 142 g/mol. The predicted molar refractivity (Wildman–Crippen MR) is 42.1 cm³/mol. The summed E-state index contributed by atoms with van der Waals surface area (Å²) in [6.45, 7) is 0.741. The SMILES string of the molecule is NCCC1CC(CC(=O)O)C1. The largest absolute Gasteiger partial charge is 0.481 e. The second kappa shape index (κ2) is 3.72. The Hall–Kier alpha value is -0.570. The first-order chi connectivity index (χ1) is 5.22. The third-order valence-corrected chi connectivity index (χ3v) is 2.37. The van der Waals surface area contributed by atoms with Crippen molar-refractivity contribution in [2.24, 2.45) is 17.6 Å². The minimum atomic E-state index is -0.666. The van der Waals surface area contributed by atoms with E-state index >= 15 is 0 Å². The van der Waals surface area contributed by atoms with Gasteiger partial charge in [0, 0.05) is 6.42 Å². The molecule has 0 atom stereocenters. The summed E-state index contributed by atoms with van der Waals surface area (Å²) < 4.78 is 0. The first-order valence-corrected chi connectivity index (χ1v) is 4.14. The fourth-order valence-electron chi connectivity index (χ4n) is 1.76. The summed E-state index contributed by atoms with van der Waals surface area (Å²) in [5.74, 6) is 0.481. The number of carbonyl (C=O) groups is 1. The molecule has 0 heterocycles. The van der Waals surface area contributed by atoms with Crippen LogP contribution in [0.4, 0.5) is 0 Å². The number of hydrogen-bond acceptors (Lipinski definition) is 2. The zero-order chi connectivity index (χ0) is 8.27. The molecule has 0 aromatic heterocycles. The second-order valence-electron chi connectivity index (χ2n) is 3.38. The van der Waals surface area contributed by atoms with E-state index in [0.29, 0.717) is 18.3 Å². The maximum absolute atomic E-state index is 10.2. The molecule has 0 saturated heterocycles. The van der Waals surface area contributed by atoms with Crippen LogP contribution in [0.3, 0.4) is 0 Å². The van der Waals surface area contributed by atoms with Crippen molar-refractivity contribution in [2.75, 3.05) is 6.54 Å². The molecule has 3 N–H and O–H groups in total. The minimum absolute atomic E-state index is 0.348. The molecule has 0 aromatic rings. The van der Waals surface area contributed by atoms with Gasteiger partial charge in [0.1, 0.15) is 0 Å². The Morgan fingerprint density at radius 2 is 2.09 bits per heavy atom. The number of carboxylic acid groups (broad SMARTS) is 1. The molecule has 0 radical (unpaired) electrons.